The van der Waals surface area contributed by atoms with E-state index in [9.17, 15) is 18.0 Å². The molecule has 9 heteroatoms. The molecule has 3 aromatic carbocycles. The number of para-hydroxylation sites is 1. The summed E-state index contributed by atoms with van der Waals surface area (Å²) in [5, 5.41) is 0.389. The van der Waals surface area contributed by atoms with E-state index in [0.717, 1.165) is 15.7 Å². The molecule has 1 aliphatic heterocycles. The molecular formula is C23H18ClN3O4S. The van der Waals surface area contributed by atoms with Crippen molar-refractivity contribution in [3.05, 3.63) is 104 Å². The third kappa shape index (κ3) is 3.37. The highest BCUT2D eigenvalue weighted by Crippen LogP contribution is 2.28. The Balaban J connectivity index is 1.62. The Labute approximate surface area is 188 Å². The molecule has 1 N–H and O–H groups in total. The lowest BCUT2D eigenvalue weighted by Crippen LogP contribution is -2.36. The van der Waals surface area contributed by atoms with Gasteiger partial charge in [0.1, 0.15) is 0 Å². The summed E-state index contributed by atoms with van der Waals surface area (Å²) in [7, 11) is -3.87. The largest absolute Gasteiger partial charge is 0.333 e. The van der Waals surface area contributed by atoms with Crippen molar-refractivity contribution in [1.82, 2.24) is 13.9 Å². The van der Waals surface area contributed by atoms with Gasteiger partial charge in [0, 0.05) is 13.1 Å². The SMILES string of the molecule is O=c1[nH]c2ccccc2c(=O)n1-c1cc(S(=O)(=O)N2CCc3ccccc3C2)ccc1Cl. The molecule has 4 aromatic rings. The van der Waals surface area contributed by atoms with E-state index in [1.165, 1.54) is 22.5 Å². The van der Waals surface area contributed by atoms with Crippen molar-refractivity contribution in [2.24, 2.45) is 0 Å². The summed E-state index contributed by atoms with van der Waals surface area (Å²) in [6, 6.07) is 18.4. The van der Waals surface area contributed by atoms with Gasteiger partial charge in [0.2, 0.25) is 10.0 Å². The highest BCUT2D eigenvalue weighted by atomic mass is 35.5. The van der Waals surface area contributed by atoms with Crippen LogP contribution in [0.2, 0.25) is 5.02 Å². The van der Waals surface area contributed by atoms with Crippen LogP contribution in [0, 0.1) is 0 Å². The first-order valence-corrected chi connectivity index (χ1v) is 11.8. The Hall–Kier alpha value is -3.20. The molecule has 0 spiro atoms. The minimum Gasteiger partial charge on any atom is -0.306 e. The van der Waals surface area contributed by atoms with Gasteiger partial charge in [-0.3, -0.25) is 4.79 Å². The van der Waals surface area contributed by atoms with E-state index in [4.69, 9.17) is 11.6 Å². The monoisotopic (exact) mass is 467 g/mol. The number of aromatic amines is 1. The summed E-state index contributed by atoms with van der Waals surface area (Å²) >= 11 is 6.31. The van der Waals surface area contributed by atoms with Crippen LogP contribution >= 0.6 is 11.6 Å². The number of sulfonamides is 1. The lowest BCUT2D eigenvalue weighted by atomic mass is 10.0. The Morgan fingerprint density at radius 3 is 2.44 bits per heavy atom. The van der Waals surface area contributed by atoms with Gasteiger partial charge in [0.25, 0.3) is 5.56 Å². The Bertz CT molecular complexity index is 1590. The molecule has 1 aromatic heterocycles. The molecule has 7 nitrogen and oxygen atoms in total. The topological polar surface area (TPSA) is 92.2 Å². The van der Waals surface area contributed by atoms with Gasteiger partial charge in [-0.1, -0.05) is 48.0 Å². The molecule has 0 amide bonds. The lowest BCUT2D eigenvalue weighted by Gasteiger charge is -2.28. The van der Waals surface area contributed by atoms with Crippen LogP contribution < -0.4 is 11.2 Å². The standard InChI is InChI=1S/C23H18ClN3O4S/c24-19-10-9-17(32(30,31)26-12-11-15-5-1-2-6-16(15)14-26)13-21(19)27-22(28)18-7-3-4-8-20(18)25-23(27)29/h1-10,13H,11-12,14H2,(H,25,29). The van der Waals surface area contributed by atoms with Crippen molar-refractivity contribution in [1.29, 1.82) is 0 Å². The van der Waals surface area contributed by atoms with Crippen LogP contribution in [0.25, 0.3) is 16.6 Å². The molecule has 0 radical (unpaired) electrons. The van der Waals surface area contributed by atoms with Gasteiger partial charge in [0.15, 0.2) is 0 Å². The normalized spacial score (nSPS) is 14.4. The lowest BCUT2D eigenvalue weighted by molar-refractivity contribution is 0.391. The first-order valence-electron chi connectivity index (χ1n) is 9.97. The molecule has 5 rings (SSSR count). The van der Waals surface area contributed by atoms with Gasteiger partial charge < -0.3 is 4.98 Å². The van der Waals surface area contributed by atoms with Crippen molar-refractivity contribution in [3.8, 4) is 5.69 Å². The predicted molar refractivity (Wildman–Crippen MR) is 123 cm³/mol. The summed E-state index contributed by atoms with van der Waals surface area (Å²) in [5.74, 6) is 0. The van der Waals surface area contributed by atoms with Crippen LogP contribution in [0.5, 0.6) is 0 Å². The minimum atomic E-state index is -3.87. The minimum absolute atomic E-state index is 0.0159. The summed E-state index contributed by atoms with van der Waals surface area (Å²) in [4.78, 5) is 28.3. The number of halogens is 1. The second-order valence-corrected chi connectivity index (χ2v) is 9.93. The van der Waals surface area contributed by atoms with Gasteiger partial charge in [0.05, 0.1) is 26.5 Å². The molecule has 1 aliphatic rings. The number of rotatable bonds is 3. The molecule has 0 saturated heterocycles. The quantitative estimate of drug-likeness (QED) is 0.501. The summed E-state index contributed by atoms with van der Waals surface area (Å²) < 4.78 is 29.0. The average molecular weight is 468 g/mol. The van der Waals surface area contributed by atoms with Crippen molar-refractivity contribution in [2.75, 3.05) is 6.54 Å². The fraction of sp³-hybridized carbons (Fsp3) is 0.130. The Morgan fingerprint density at radius 2 is 1.62 bits per heavy atom. The van der Waals surface area contributed by atoms with Gasteiger partial charge in [-0.15, -0.1) is 0 Å². The smallest absolute Gasteiger partial charge is 0.306 e. The van der Waals surface area contributed by atoms with Gasteiger partial charge >= 0.3 is 5.69 Å². The van der Waals surface area contributed by atoms with E-state index >= 15 is 0 Å². The van der Waals surface area contributed by atoms with E-state index < -0.39 is 21.3 Å². The number of aromatic nitrogens is 2. The van der Waals surface area contributed by atoms with Crippen LogP contribution in [0.4, 0.5) is 0 Å². The molecular weight excluding hydrogens is 450 g/mol. The zero-order chi connectivity index (χ0) is 22.5. The second kappa shape index (κ2) is 7.74. The van der Waals surface area contributed by atoms with Gasteiger partial charge in [-0.05, 0) is 47.9 Å². The van der Waals surface area contributed by atoms with E-state index in [2.05, 4.69) is 4.98 Å². The van der Waals surface area contributed by atoms with E-state index in [-0.39, 0.29) is 22.2 Å². The van der Waals surface area contributed by atoms with E-state index in [0.29, 0.717) is 23.9 Å². The van der Waals surface area contributed by atoms with Gasteiger partial charge in [-0.2, -0.15) is 4.31 Å². The summed E-state index contributed by atoms with van der Waals surface area (Å²) in [6.45, 7) is 0.598. The van der Waals surface area contributed by atoms with Crippen molar-refractivity contribution in [3.63, 3.8) is 0 Å². The number of nitrogens with zero attached hydrogens (tertiary/aromatic N) is 2. The highest BCUT2D eigenvalue weighted by Gasteiger charge is 2.29. The third-order valence-corrected chi connectivity index (χ3v) is 7.86. The molecule has 0 aliphatic carbocycles. The highest BCUT2D eigenvalue weighted by molar-refractivity contribution is 7.89. The maximum Gasteiger partial charge on any atom is 0.333 e. The van der Waals surface area contributed by atoms with E-state index in [1.807, 2.05) is 24.3 Å². The number of hydrogen-bond acceptors (Lipinski definition) is 4. The molecule has 0 unspecified atom stereocenters. The third-order valence-electron chi connectivity index (χ3n) is 5.70. The average Bonchev–Trinajstić information content (AvgIpc) is 2.79. The van der Waals surface area contributed by atoms with Crippen molar-refractivity contribution < 1.29 is 8.42 Å². The fourth-order valence-electron chi connectivity index (χ4n) is 4.03. The molecule has 0 bridgehead atoms. The maximum absolute atomic E-state index is 13.4. The molecule has 0 atom stereocenters. The molecule has 32 heavy (non-hydrogen) atoms. The van der Waals surface area contributed by atoms with Crippen LogP contribution in [0.15, 0.2) is 81.2 Å². The van der Waals surface area contributed by atoms with Crippen molar-refractivity contribution in [2.45, 2.75) is 17.9 Å². The van der Waals surface area contributed by atoms with E-state index in [1.54, 1.807) is 24.3 Å². The number of benzene rings is 3. The molecule has 162 valence electrons. The second-order valence-electron chi connectivity index (χ2n) is 7.59. The maximum atomic E-state index is 13.4. The number of fused-ring (bicyclic) bond motifs is 2. The first kappa shape index (κ1) is 20.7. The predicted octanol–water partition coefficient (Wildman–Crippen LogP) is 3.08. The number of nitrogens with one attached hydrogen (secondary N) is 1. The van der Waals surface area contributed by atoms with Crippen LogP contribution in [0.3, 0.4) is 0 Å². The molecule has 2 heterocycles. The van der Waals surface area contributed by atoms with Crippen LogP contribution in [0.1, 0.15) is 11.1 Å². The fourth-order valence-corrected chi connectivity index (χ4v) is 5.67. The van der Waals surface area contributed by atoms with Gasteiger partial charge in [-0.25, -0.2) is 17.8 Å². The van der Waals surface area contributed by atoms with Crippen LogP contribution in [-0.2, 0) is 23.0 Å². The molecule has 0 fully saturated rings. The summed E-state index contributed by atoms with van der Waals surface area (Å²) in [6.07, 6.45) is 0.611. The Kier molecular flexibility index (Phi) is 5.00. The number of hydrogen-bond donors (Lipinski definition) is 1. The van der Waals surface area contributed by atoms with Crippen LogP contribution in [-0.4, -0.2) is 28.8 Å². The molecule has 0 saturated carbocycles. The zero-order valence-electron chi connectivity index (χ0n) is 16.8. The summed E-state index contributed by atoms with van der Waals surface area (Å²) in [5.41, 5.74) is 1.22. The number of H-pyrrole nitrogens is 1. The first-order chi connectivity index (χ1) is 15.4. The van der Waals surface area contributed by atoms with Crippen molar-refractivity contribution >= 4 is 32.5 Å². The Morgan fingerprint density at radius 1 is 0.906 bits per heavy atom. The zero-order valence-corrected chi connectivity index (χ0v) is 18.4.